The van der Waals surface area contributed by atoms with Gasteiger partial charge in [-0.25, -0.2) is 9.97 Å². The van der Waals surface area contributed by atoms with Crippen molar-refractivity contribution in [2.24, 2.45) is 0 Å². The number of aromatic nitrogens is 3. The van der Waals surface area contributed by atoms with Gasteiger partial charge in [0.15, 0.2) is 5.82 Å². The topological polar surface area (TPSA) is 74.2 Å². The average Bonchev–Trinajstić information content (AvgIpc) is 3.39. The zero-order chi connectivity index (χ0) is 21.2. The van der Waals surface area contributed by atoms with Crippen molar-refractivity contribution in [3.8, 4) is 11.4 Å². The summed E-state index contributed by atoms with van der Waals surface area (Å²) in [6.07, 6.45) is 8.77. The second-order valence-corrected chi connectivity index (χ2v) is 9.09. The minimum atomic E-state index is 0.0484. The van der Waals surface area contributed by atoms with Gasteiger partial charge in [-0.1, -0.05) is 6.08 Å². The smallest absolute Gasteiger partial charge is 0.234 e. The molecule has 31 heavy (non-hydrogen) atoms. The van der Waals surface area contributed by atoms with Crippen molar-refractivity contribution in [3.05, 3.63) is 47.6 Å². The lowest BCUT2D eigenvalue weighted by molar-refractivity contribution is -0.122. The van der Waals surface area contributed by atoms with Gasteiger partial charge in [0, 0.05) is 55.6 Å². The first-order valence-electron chi connectivity index (χ1n) is 10.8. The molecule has 5 rings (SSSR count). The third-order valence-corrected chi connectivity index (χ3v) is 7.13. The van der Waals surface area contributed by atoms with E-state index in [0.717, 1.165) is 61.1 Å². The molecule has 1 aliphatic carbocycles. The number of hydrogen-bond acceptors (Lipinski definition) is 7. The number of amides is 1. The molecule has 0 atom stereocenters. The summed E-state index contributed by atoms with van der Waals surface area (Å²) in [5, 5.41) is 4.10. The third kappa shape index (κ3) is 4.05. The van der Waals surface area contributed by atoms with Gasteiger partial charge in [0.2, 0.25) is 5.91 Å². The van der Waals surface area contributed by atoms with Crippen LogP contribution in [0.15, 0.2) is 37.2 Å². The van der Waals surface area contributed by atoms with E-state index in [9.17, 15) is 4.79 Å². The van der Waals surface area contributed by atoms with Crippen molar-refractivity contribution in [3.63, 3.8) is 0 Å². The zero-order valence-electron chi connectivity index (χ0n) is 17.5. The molecule has 1 aliphatic heterocycles. The lowest BCUT2D eigenvalue weighted by Crippen LogP contribution is -2.49. The van der Waals surface area contributed by atoms with Crippen molar-refractivity contribution >= 4 is 33.3 Å². The second-order valence-electron chi connectivity index (χ2n) is 8.01. The summed E-state index contributed by atoms with van der Waals surface area (Å²) < 4.78 is 0. The van der Waals surface area contributed by atoms with Crippen LogP contribution in [0.5, 0.6) is 0 Å². The molecule has 0 saturated carbocycles. The summed E-state index contributed by atoms with van der Waals surface area (Å²) >= 11 is 1.82. The van der Waals surface area contributed by atoms with Crippen LogP contribution < -0.4 is 10.2 Å². The van der Waals surface area contributed by atoms with E-state index in [1.54, 1.807) is 12.3 Å². The largest absolute Gasteiger partial charge is 0.353 e. The number of hydrogen-bond donors (Lipinski definition) is 1. The van der Waals surface area contributed by atoms with Crippen molar-refractivity contribution in [1.29, 1.82) is 0 Å². The predicted molar refractivity (Wildman–Crippen MR) is 125 cm³/mol. The summed E-state index contributed by atoms with van der Waals surface area (Å²) in [6, 6.07) is 3.94. The van der Waals surface area contributed by atoms with E-state index < -0.39 is 0 Å². The Hall–Kier alpha value is -2.84. The van der Waals surface area contributed by atoms with Gasteiger partial charge in [-0.2, -0.15) is 0 Å². The minimum Gasteiger partial charge on any atom is -0.353 e. The van der Waals surface area contributed by atoms with Crippen LogP contribution in [-0.4, -0.2) is 65.0 Å². The van der Waals surface area contributed by atoms with Crippen LogP contribution in [0.3, 0.4) is 0 Å². The van der Waals surface area contributed by atoms with Crippen molar-refractivity contribution in [1.82, 2.24) is 25.2 Å². The molecule has 1 amide bonds. The molecule has 7 nitrogen and oxygen atoms in total. The molecule has 0 aromatic carbocycles. The molecule has 0 radical (unpaired) electrons. The maximum Gasteiger partial charge on any atom is 0.234 e. The van der Waals surface area contributed by atoms with Crippen molar-refractivity contribution in [2.45, 2.75) is 19.3 Å². The molecule has 3 aromatic heterocycles. The maximum absolute atomic E-state index is 12.1. The Kier molecular flexibility index (Phi) is 5.65. The number of nitrogens with zero attached hydrogens (tertiary/aromatic N) is 5. The monoisotopic (exact) mass is 434 g/mol. The Labute approximate surface area is 185 Å². The summed E-state index contributed by atoms with van der Waals surface area (Å²) in [6.45, 7) is 7.95. The summed E-state index contributed by atoms with van der Waals surface area (Å²) in [5.41, 5.74) is 2.38. The normalized spacial score (nSPS) is 16.5. The fourth-order valence-corrected chi connectivity index (χ4v) is 5.65. The molecule has 1 fully saturated rings. The van der Waals surface area contributed by atoms with Gasteiger partial charge < -0.3 is 10.2 Å². The quantitative estimate of drug-likeness (QED) is 0.602. The number of nitrogens with one attached hydrogen (secondary N) is 1. The van der Waals surface area contributed by atoms with E-state index in [0.29, 0.717) is 13.1 Å². The number of rotatable bonds is 6. The fraction of sp³-hybridized carbons (Fsp3) is 0.391. The Balaban J connectivity index is 1.43. The fourth-order valence-electron chi connectivity index (χ4n) is 4.39. The van der Waals surface area contributed by atoms with Crippen LogP contribution in [0.1, 0.15) is 16.9 Å². The Bertz CT molecular complexity index is 1100. The van der Waals surface area contributed by atoms with Gasteiger partial charge in [-0.15, -0.1) is 17.9 Å². The highest BCUT2D eigenvalue weighted by atomic mass is 32.1. The van der Waals surface area contributed by atoms with E-state index in [2.05, 4.69) is 26.7 Å². The summed E-state index contributed by atoms with van der Waals surface area (Å²) in [5.74, 6) is 1.83. The van der Waals surface area contributed by atoms with Crippen LogP contribution in [0.25, 0.3) is 21.6 Å². The van der Waals surface area contributed by atoms with Crippen LogP contribution in [0.4, 0.5) is 5.82 Å². The molecule has 3 aromatic rings. The number of carbonyl (C=O) groups is 1. The van der Waals surface area contributed by atoms with Crippen LogP contribution in [-0.2, 0) is 17.6 Å². The Morgan fingerprint density at radius 1 is 1.23 bits per heavy atom. The van der Waals surface area contributed by atoms with Gasteiger partial charge in [0.25, 0.3) is 0 Å². The molecule has 0 unspecified atom stereocenters. The number of carbonyl (C=O) groups excluding carboxylic acids is 1. The highest BCUT2D eigenvalue weighted by Crippen LogP contribution is 2.41. The average molecular weight is 435 g/mol. The zero-order valence-corrected chi connectivity index (χ0v) is 18.3. The van der Waals surface area contributed by atoms with Gasteiger partial charge >= 0.3 is 0 Å². The van der Waals surface area contributed by atoms with Crippen molar-refractivity contribution in [2.75, 3.05) is 44.2 Å². The highest BCUT2D eigenvalue weighted by molar-refractivity contribution is 7.19. The number of anilines is 1. The summed E-state index contributed by atoms with van der Waals surface area (Å²) in [4.78, 5) is 33.4. The molecule has 2 aliphatic rings. The molecule has 0 bridgehead atoms. The number of fused-ring (bicyclic) bond motifs is 3. The third-order valence-electron chi connectivity index (χ3n) is 5.95. The molecule has 160 valence electrons. The number of aryl methyl sites for hydroxylation is 2. The SMILES string of the molecule is C=CCNC(=O)CN1CCN(c2nc(-c3cccnc3)nc3sc4c(c23)CCC4)CC1. The first-order valence-corrected chi connectivity index (χ1v) is 11.6. The summed E-state index contributed by atoms with van der Waals surface area (Å²) in [7, 11) is 0. The Morgan fingerprint density at radius 2 is 2.10 bits per heavy atom. The molecule has 4 heterocycles. The van der Waals surface area contributed by atoms with E-state index >= 15 is 0 Å². The maximum atomic E-state index is 12.1. The van der Waals surface area contributed by atoms with Gasteiger partial charge in [0.05, 0.1) is 11.9 Å². The predicted octanol–water partition coefficient (Wildman–Crippen LogP) is 2.67. The van der Waals surface area contributed by atoms with Crippen LogP contribution in [0.2, 0.25) is 0 Å². The minimum absolute atomic E-state index is 0.0484. The molecule has 8 heteroatoms. The second kappa shape index (κ2) is 8.72. The van der Waals surface area contributed by atoms with Crippen molar-refractivity contribution < 1.29 is 4.79 Å². The van der Waals surface area contributed by atoms with Crippen LogP contribution >= 0.6 is 11.3 Å². The van der Waals surface area contributed by atoms with Gasteiger partial charge in [-0.3, -0.25) is 14.7 Å². The highest BCUT2D eigenvalue weighted by Gasteiger charge is 2.27. The molecular formula is C23H26N6OS. The molecule has 1 N–H and O–H groups in total. The van der Waals surface area contributed by atoms with Gasteiger partial charge in [0.1, 0.15) is 10.6 Å². The molecular weight excluding hydrogens is 408 g/mol. The van der Waals surface area contributed by atoms with E-state index in [-0.39, 0.29) is 5.91 Å². The molecule has 0 spiro atoms. The Morgan fingerprint density at radius 3 is 2.87 bits per heavy atom. The first-order chi connectivity index (χ1) is 15.2. The number of pyridine rings is 1. The van der Waals surface area contributed by atoms with E-state index in [4.69, 9.17) is 9.97 Å². The number of piperazine rings is 1. The number of thiophene rings is 1. The standard InChI is InChI=1S/C23H26N6OS/c1-2-8-25-19(30)15-28-10-12-29(13-11-28)22-20-17-6-3-7-18(17)31-23(20)27-21(26-22)16-5-4-9-24-14-16/h2,4-5,9,14H,1,3,6-8,10-13,15H2,(H,25,30). The molecule has 1 saturated heterocycles. The lowest BCUT2D eigenvalue weighted by Gasteiger charge is -2.35. The van der Waals surface area contributed by atoms with E-state index in [1.165, 1.54) is 22.2 Å². The van der Waals surface area contributed by atoms with E-state index in [1.807, 2.05) is 29.7 Å². The first kappa shape index (κ1) is 20.1. The lowest BCUT2D eigenvalue weighted by atomic mass is 10.1. The van der Waals surface area contributed by atoms with Gasteiger partial charge in [-0.05, 0) is 37.0 Å². The van der Waals surface area contributed by atoms with Crippen LogP contribution in [0, 0.1) is 0 Å².